The molecule has 2 aromatic rings. The Bertz CT molecular complexity index is 1100. The lowest BCUT2D eigenvalue weighted by molar-refractivity contribution is -0.140. The maximum Gasteiger partial charge on any atom is 0.311 e. The van der Waals surface area contributed by atoms with Gasteiger partial charge in [-0.05, 0) is 75.6 Å². The highest BCUT2D eigenvalue weighted by Gasteiger charge is 2.34. The van der Waals surface area contributed by atoms with Crippen molar-refractivity contribution in [3.8, 4) is 11.5 Å². The van der Waals surface area contributed by atoms with Crippen molar-refractivity contribution in [2.24, 2.45) is 17.8 Å². The van der Waals surface area contributed by atoms with Gasteiger partial charge in [0.05, 0.1) is 30.2 Å². The van der Waals surface area contributed by atoms with E-state index in [1.165, 1.54) is 6.92 Å². The van der Waals surface area contributed by atoms with Gasteiger partial charge in [-0.3, -0.25) is 9.63 Å². The number of hydrogen-bond donors (Lipinski definition) is 3. The zero-order valence-corrected chi connectivity index (χ0v) is 24.1. The number of nitrogens with one attached hydrogen (secondary N) is 1. The number of carboxylic acid groups (broad SMARTS) is 1. The zero-order valence-electron chi connectivity index (χ0n) is 24.1. The summed E-state index contributed by atoms with van der Waals surface area (Å²) in [7, 11) is 1.60. The highest BCUT2D eigenvalue weighted by Crippen LogP contribution is 2.32. The van der Waals surface area contributed by atoms with E-state index < -0.39 is 29.6 Å². The predicted octanol–water partition coefficient (Wildman–Crippen LogP) is 5.01. The molecule has 0 aliphatic carbocycles. The standard InChI is InChI=1S/C31H43NO7/c1-20(2)24(17-26(32-39-31(4,5)6)29(34)25(18-33)21(3)30(35)36)15-23-13-14-27(37-7)28(16-23)38-19-22-11-9-8-10-12-22/h8-14,16,20-21,24,26,29,32,34H,15,17,19H2,1-7H3,(H,35,36)/t21-,24+,26+,29+/m1/s1. The summed E-state index contributed by atoms with van der Waals surface area (Å²) in [5.41, 5.74) is 4.19. The molecule has 0 saturated carbocycles. The normalized spacial score (nSPS) is 14.7. The molecule has 0 fully saturated rings. The van der Waals surface area contributed by atoms with Crippen LogP contribution in [0, 0.1) is 17.8 Å². The molecule has 0 radical (unpaired) electrons. The number of carbonyl (C=O) groups is 1. The SMILES string of the molecule is COc1ccc(C[C@@H](C[C@H](NOC(C)(C)C)[C@@H](O)C(=C=O)[C@@H](C)C(=O)O)C(C)C)cc1OCc1ccccc1. The Morgan fingerprint density at radius 3 is 2.23 bits per heavy atom. The van der Waals surface area contributed by atoms with E-state index in [4.69, 9.17) is 14.3 Å². The van der Waals surface area contributed by atoms with Gasteiger partial charge in [0.25, 0.3) is 0 Å². The molecule has 0 aliphatic heterocycles. The summed E-state index contributed by atoms with van der Waals surface area (Å²) < 4.78 is 11.6. The molecule has 4 atom stereocenters. The van der Waals surface area contributed by atoms with E-state index in [0.717, 1.165) is 11.1 Å². The number of benzene rings is 2. The third-order valence-corrected chi connectivity index (χ3v) is 6.63. The number of aliphatic hydroxyl groups is 1. The Labute approximate surface area is 231 Å². The minimum atomic E-state index is -1.39. The molecule has 8 nitrogen and oxygen atoms in total. The second-order valence-electron chi connectivity index (χ2n) is 11.2. The van der Waals surface area contributed by atoms with Crippen LogP contribution in [0.25, 0.3) is 0 Å². The number of rotatable bonds is 15. The molecule has 0 bridgehead atoms. The van der Waals surface area contributed by atoms with Gasteiger partial charge in [-0.2, -0.15) is 5.48 Å². The molecule has 0 amide bonds. The average Bonchev–Trinajstić information content (AvgIpc) is 2.89. The first kappa shape index (κ1) is 32.1. The van der Waals surface area contributed by atoms with Crippen molar-refractivity contribution < 1.29 is 34.1 Å². The summed E-state index contributed by atoms with van der Waals surface area (Å²) in [5.74, 6) is 0.797. The van der Waals surface area contributed by atoms with E-state index in [1.807, 2.05) is 69.3 Å². The molecule has 3 N–H and O–H groups in total. The summed E-state index contributed by atoms with van der Waals surface area (Å²) >= 11 is 0. The van der Waals surface area contributed by atoms with Crippen LogP contribution < -0.4 is 15.0 Å². The molecular formula is C31H43NO7. The summed E-state index contributed by atoms with van der Waals surface area (Å²) in [6, 6.07) is 15.0. The van der Waals surface area contributed by atoms with Gasteiger partial charge in [0.1, 0.15) is 18.7 Å². The van der Waals surface area contributed by atoms with E-state index in [9.17, 15) is 19.8 Å². The van der Waals surface area contributed by atoms with Crippen molar-refractivity contribution in [2.75, 3.05) is 7.11 Å². The highest BCUT2D eigenvalue weighted by atomic mass is 16.7. The lowest BCUT2D eigenvalue weighted by Gasteiger charge is -2.33. The Morgan fingerprint density at radius 1 is 1.03 bits per heavy atom. The lowest BCUT2D eigenvalue weighted by Crippen LogP contribution is -2.47. The van der Waals surface area contributed by atoms with Crippen LogP contribution in [0.5, 0.6) is 11.5 Å². The third-order valence-electron chi connectivity index (χ3n) is 6.63. The first-order valence-electron chi connectivity index (χ1n) is 13.3. The fourth-order valence-corrected chi connectivity index (χ4v) is 4.16. The number of carbonyl (C=O) groups excluding carboxylic acids is 1. The molecule has 214 valence electrons. The second-order valence-corrected chi connectivity index (χ2v) is 11.2. The predicted molar refractivity (Wildman–Crippen MR) is 150 cm³/mol. The molecule has 0 aromatic heterocycles. The molecule has 39 heavy (non-hydrogen) atoms. The van der Waals surface area contributed by atoms with Crippen molar-refractivity contribution in [2.45, 2.75) is 78.7 Å². The smallest absolute Gasteiger partial charge is 0.311 e. The number of methoxy groups -OCH3 is 1. The molecule has 8 heteroatoms. The van der Waals surface area contributed by atoms with E-state index in [2.05, 4.69) is 19.3 Å². The molecule has 2 aromatic carbocycles. The molecule has 0 spiro atoms. The van der Waals surface area contributed by atoms with Crippen LogP contribution in [0.4, 0.5) is 0 Å². The molecule has 0 heterocycles. The number of aliphatic hydroxyl groups excluding tert-OH is 1. The van der Waals surface area contributed by atoms with Crippen molar-refractivity contribution in [1.29, 1.82) is 0 Å². The van der Waals surface area contributed by atoms with Crippen LogP contribution in [0.15, 0.2) is 54.1 Å². The van der Waals surface area contributed by atoms with Crippen molar-refractivity contribution in [3.63, 3.8) is 0 Å². The Morgan fingerprint density at radius 2 is 1.69 bits per heavy atom. The maximum absolute atomic E-state index is 11.7. The average molecular weight is 542 g/mol. The second kappa shape index (κ2) is 14.8. The number of hydrogen-bond acceptors (Lipinski definition) is 7. The number of carboxylic acids is 1. The molecule has 0 saturated heterocycles. The van der Waals surface area contributed by atoms with E-state index in [0.29, 0.717) is 30.9 Å². The Balaban J connectivity index is 2.29. The van der Waals surface area contributed by atoms with Gasteiger partial charge >= 0.3 is 5.97 Å². The summed E-state index contributed by atoms with van der Waals surface area (Å²) in [6.45, 7) is 11.5. The minimum Gasteiger partial charge on any atom is -0.493 e. The van der Waals surface area contributed by atoms with Gasteiger partial charge in [-0.1, -0.05) is 50.2 Å². The van der Waals surface area contributed by atoms with Crippen molar-refractivity contribution in [1.82, 2.24) is 5.48 Å². The van der Waals surface area contributed by atoms with Gasteiger partial charge < -0.3 is 19.7 Å². The van der Waals surface area contributed by atoms with E-state index >= 15 is 0 Å². The monoisotopic (exact) mass is 541 g/mol. The fourth-order valence-electron chi connectivity index (χ4n) is 4.16. The van der Waals surface area contributed by atoms with Crippen molar-refractivity contribution in [3.05, 3.63) is 65.2 Å². The maximum atomic E-state index is 11.7. The van der Waals surface area contributed by atoms with Gasteiger partial charge in [0.2, 0.25) is 0 Å². The highest BCUT2D eigenvalue weighted by molar-refractivity contribution is 5.77. The third kappa shape index (κ3) is 10.2. The van der Waals surface area contributed by atoms with Gasteiger partial charge in [-0.15, -0.1) is 0 Å². The number of hydroxylamine groups is 1. The van der Waals surface area contributed by atoms with Gasteiger partial charge in [-0.25, -0.2) is 4.79 Å². The lowest BCUT2D eigenvalue weighted by atomic mass is 9.81. The topological polar surface area (TPSA) is 114 Å². The van der Waals surface area contributed by atoms with Crippen LogP contribution in [-0.2, 0) is 27.5 Å². The number of aliphatic carboxylic acids is 1. The quantitative estimate of drug-likeness (QED) is 0.213. The van der Waals surface area contributed by atoms with E-state index in [-0.39, 0.29) is 17.4 Å². The zero-order chi connectivity index (χ0) is 29.2. The Hall–Kier alpha value is -3.16. The Kier molecular flexibility index (Phi) is 12.2. The summed E-state index contributed by atoms with van der Waals surface area (Å²) in [6.07, 6.45) is -0.324. The molecule has 0 aliphatic rings. The molecular weight excluding hydrogens is 498 g/mol. The van der Waals surface area contributed by atoms with Crippen LogP contribution in [0.3, 0.4) is 0 Å². The summed E-state index contributed by atoms with van der Waals surface area (Å²) in [4.78, 5) is 29.0. The van der Waals surface area contributed by atoms with Gasteiger partial charge in [0.15, 0.2) is 11.5 Å². The fraction of sp³-hybridized carbons (Fsp3) is 0.516. The van der Waals surface area contributed by atoms with Crippen molar-refractivity contribution >= 4 is 11.9 Å². The first-order chi connectivity index (χ1) is 18.4. The van der Waals surface area contributed by atoms with E-state index in [1.54, 1.807) is 13.1 Å². The molecule has 0 unspecified atom stereocenters. The van der Waals surface area contributed by atoms with Crippen LogP contribution in [0.2, 0.25) is 0 Å². The summed E-state index contributed by atoms with van der Waals surface area (Å²) in [5, 5.41) is 20.6. The minimum absolute atomic E-state index is 0.0455. The van der Waals surface area contributed by atoms with Gasteiger partial charge in [0, 0.05) is 0 Å². The number of ether oxygens (including phenoxy) is 2. The first-order valence-corrected chi connectivity index (χ1v) is 13.3. The van der Waals surface area contributed by atoms with Crippen LogP contribution in [0.1, 0.15) is 59.1 Å². The molecule has 2 rings (SSSR count). The largest absolute Gasteiger partial charge is 0.493 e. The van der Waals surface area contributed by atoms with Crippen LogP contribution in [-0.4, -0.2) is 47.0 Å². The van der Waals surface area contributed by atoms with Crippen LogP contribution >= 0.6 is 0 Å².